The highest BCUT2D eigenvalue weighted by molar-refractivity contribution is 7.89. The van der Waals surface area contributed by atoms with Crippen LogP contribution >= 0.6 is 0 Å². The number of benzene rings is 1. The lowest BCUT2D eigenvalue weighted by Crippen LogP contribution is -2.25. The van der Waals surface area contributed by atoms with E-state index in [0.29, 0.717) is 11.5 Å². The number of anilines is 1. The van der Waals surface area contributed by atoms with Crippen LogP contribution < -0.4 is 10.5 Å². The molecule has 6 nitrogen and oxygen atoms in total. The molecule has 21 heavy (non-hydrogen) atoms. The van der Waals surface area contributed by atoms with Crippen molar-refractivity contribution < 1.29 is 12.8 Å². The number of aryl methyl sites for hydroxylation is 2. The highest BCUT2D eigenvalue weighted by atomic mass is 32.2. The SMILES string of the molecule is Cc1nccc(CNS(=O)(=O)c2cc(N)cc(C)c2F)n1. The van der Waals surface area contributed by atoms with Crippen molar-refractivity contribution in [3.8, 4) is 0 Å². The highest BCUT2D eigenvalue weighted by Gasteiger charge is 2.21. The van der Waals surface area contributed by atoms with Gasteiger partial charge in [0.05, 0.1) is 12.2 Å². The molecule has 1 aromatic heterocycles. The number of hydrogen-bond acceptors (Lipinski definition) is 5. The van der Waals surface area contributed by atoms with E-state index in [4.69, 9.17) is 5.73 Å². The Bertz CT molecular complexity index is 778. The van der Waals surface area contributed by atoms with Gasteiger partial charge in [0.2, 0.25) is 10.0 Å². The topological polar surface area (TPSA) is 98.0 Å². The van der Waals surface area contributed by atoms with Gasteiger partial charge in [0.25, 0.3) is 0 Å². The molecule has 8 heteroatoms. The van der Waals surface area contributed by atoms with Crippen molar-refractivity contribution in [2.24, 2.45) is 0 Å². The van der Waals surface area contributed by atoms with Crippen LogP contribution in [0, 0.1) is 19.7 Å². The van der Waals surface area contributed by atoms with E-state index in [1.54, 1.807) is 13.0 Å². The lowest BCUT2D eigenvalue weighted by molar-refractivity contribution is 0.552. The second-order valence-corrected chi connectivity index (χ2v) is 6.31. The maximum Gasteiger partial charge on any atom is 0.243 e. The summed E-state index contributed by atoms with van der Waals surface area (Å²) < 4.78 is 40.6. The number of rotatable bonds is 4. The quantitative estimate of drug-likeness (QED) is 0.829. The molecule has 0 amide bonds. The fourth-order valence-corrected chi connectivity index (χ4v) is 2.99. The van der Waals surface area contributed by atoms with Crippen molar-refractivity contribution >= 4 is 15.7 Å². The summed E-state index contributed by atoms with van der Waals surface area (Å²) in [5.41, 5.74) is 6.43. The Morgan fingerprint density at radius 1 is 1.33 bits per heavy atom. The van der Waals surface area contributed by atoms with E-state index in [-0.39, 0.29) is 17.8 Å². The molecule has 112 valence electrons. The van der Waals surface area contributed by atoms with Crippen LogP contribution in [-0.4, -0.2) is 18.4 Å². The van der Waals surface area contributed by atoms with Gasteiger partial charge in [0.15, 0.2) is 0 Å². The number of halogens is 1. The van der Waals surface area contributed by atoms with Gasteiger partial charge < -0.3 is 5.73 Å². The first-order chi connectivity index (χ1) is 9.79. The summed E-state index contributed by atoms with van der Waals surface area (Å²) in [6.45, 7) is 3.09. The molecule has 0 spiro atoms. The summed E-state index contributed by atoms with van der Waals surface area (Å²) in [5, 5.41) is 0. The van der Waals surface area contributed by atoms with Crippen LogP contribution in [0.2, 0.25) is 0 Å². The molecule has 0 bridgehead atoms. The molecule has 0 aliphatic carbocycles. The second-order valence-electron chi connectivity index (χ2n) is 4.57. The van der Waals surface area contributed by atoms with E-state index in [1.807, 2.05) is 0 Å². The van der Waals surface area contributed by atoms with Crippen LogP contribution in [0.4, 0.5) is 10.1 Å². The lowest BCUT2D eigenvalue weighted by Gasteiger charge is -2.10. The van der Waals surface area contributed by atoms with Crippen LogP contribution in [0.3, 0.4) is 0 Å². The van der Waals surface area contributed by atoms with Crippen molar-refractivity contribution in [3.63, 3.8) is 0 Å². The maximum atomic E-state index is 14.0. The fraction of sp³-hybridized carbons (Fsp3) is 0.231. The molecule has 0 radical (unpaired) electrons. The third-order valence-electron chi connectivity index (χ3n) is 2.81. The Morgan fingerprint density at radius 3 is 2.71 bits per heavy atom. The average Bonchev–Trinajstić information content (AvgIpc) is 2.41. The molecule has 0 fully saturated rings. The Balaban J connectivity index is 2.27. The molecule has 0 saturated carbocycles. The van der Waals surface area contributed by atoms with Crippen LogP contribution in [0.25, 0.3) is 0 Å². The van der Waals surface area contributed by atoms with Gasteiger partial charge in [-0.1, -0.05) is 0 Å². The number of nitrogens with zero attached hydrogens (tertiary/aromatic N) is 2. The number of sulfonamides is 1. The predicted octanol–water partition coefficient (Wildman–Crippen LogP) is 1.29. The molecule has 0 atom stereocenters. The summed E-state index contributed by atoms with van der Waals surface area (Å²) in [6, 6.07) is 4.05. The summed E-state index contributed by atoms with van der Waals surface area (Å²) >= 11 is 0. The van der Waals surface area contributed by atoms with Crippen molar-refractivity contribution in [1.82, 2.24) is 14.7 Å². The summed E-state index contributed by atoms with van der Waals surface area (Å²) in [6.07, 6.45) is 1.53. The lowest BCUT2D eigenvalue weighted by atomic mass is 10.2. The Kier molecular flexibility index (Phi) is 4.19. The van der Waals surface area contributed by atoms with Gasteiger partial charge in [-0.05, 0) is 37.6 Å². The van der Waals surface area contributed by atoms with Crippen molar-refractivity contribution in [1.29, 1.82) is 0 Å². The number of nitrogens with two attached hydrogens (primary N) is 1. The summed E-state index contributed by atoms with van der Waals surface area (Å²) in [4.78, 5) is 7.52. The van der Waals surface area contributed by atoms with Gasteiger partial charge in [-0.15, -0.1) is 0 Å². The number of nitrogens with one attached hydrogen (secondary N) is 1. The summed E-state index contributed by atoms with van der Waals surface area (Å²) in [5.74, 6) is -0.284. The van der Waals surface area contributed by atoms with E-state index in [2.05, 4.69) is 14.7 Å². The minimum absolute atomic E-state index is 0.0566. The van der Waals surface area contributed by atoms with Crippen LogP contribution in [0.5, 0.6) is 0 Å². The Labute approximate surface area is 122 Å². The van der Waals surface area contributed by atoms with Crippen LogP contribution in [0.1, 0.15) is 17.1 Å². The van der Waals surface area contributed by atoms with Gasteiger partial charge >= 0.3 is 0 Å². The van der Waals surface area contributed by atoms with Gasteiger partial charge in [-0.25, -0.2) is 27.5 Å². The van der Waals surface area contributed by atoms with Gasteiger partial charge in [-0.2, -0.15) is 0 Å². The summed E-state index contributed by atoms with van der Waals surface area (Å²) in [7, 11) is -4.01. The minimum atomic E-state index is -4.01. The zero-order valence-corrected chi connectivity index (χ0v) is 12.4. The van der Waals surface area contributed by atoms with Gasteiger partial charge in [-0.3, -0.25) is 0 Å². The second kappa shape index (κ2) is 5.74. The van der Waals surface area contributed by atoms with E-state index in [0.717, 1.165) is 6.07 Å². The predicted molar refractivity (Wildman–Crippen MR) is 76.3 cm³/mol. The normalized spacial score (nSPS) is 11.6. The Hall–Kier alpha value is -2.06. The molecule has 1 aromatic carbocycles. The standard InChI is InChI=1S/C13H15FN4O2S/c1-8-5-10(15)6-12(13(8)14)21(19,20)17-7-11-3-4-16-9(2)18-11/h3-6,17H,7,15H2,1-2H3. The van der Waals surface area contributed by atoms with E-state index < -0.39 is 20.7 Å². The maximum absolute atomic E-state index is 14.0. The molecule has 0 unspecified atom stereocenters. The molecule has 0 saturated heterocycles. The first kappa shape index (κ1) is 15.3. The Morgan fingerprint density at radius 2 is 2.05 bits per heavy atom. The van der Waals surface area contributed by atoms with Crippen LogP contribution in [-0.2, 0) is 16.6 Å². The van der Waals surface area contributed by atoms with E-state index in [9.17, 15) is 12.8 Å². The molecule has 2 rings (SSSR count). The van der Waals surface area contributed by atoms with Crippen molar-refractivity contribution in [3.05, 3.63) is 47.3 Å². The number of aromatic nitrogens is 2. The third-order valence-corrected chi connectivity index (χ3v) is 4.21. The molecule has 3 N–H and O–H groups in total. The molecular weight excluding hydrogens is 295 g/mol. The van der Waals surface area contributed by atoms with E-state index in [1.165, 1.54) is 19.2 Å². The first-order valence-electron chi connectivity index (χ1n) is 6.13. The molecule has 2 aromatic rings. The average molecular weight is 310 g/mol. The number of hydrogen-bond donors (Lipinski definition) is 2. The molecule has 0 aliphatic rings. The fourth-order valence-electron chi connectivity index (χ4n) is 1.81. The minimum Gasteiger partial charge on any atom is -0.399 e. The van der Waals surface area contributed by atoms with Gasteiger partial charge in [0.1, 0.15) is 16.5 Å². The van der Waals surface area contributed by atoms with E-state index >= 15 is 0 Å². The highest BCUT2D eigenvalue weighted by Crippen LogP contribution is 2.21. The molecule has 1 heterocycles. The molecular formula is C13H15FN4O2S. The monoisotopic (exact) mass is 310 g/mol. The largest absolute Gasteiger partial charge is 0.399 e. The van der Waals surface area contributed by atoms with Crippen molar-refractivity contribution in [2.75, 3.05) is 5.73 Å². The zero-order chi connectivity index (χ0) is 15.6. The zero-order valence-electron chi connectivity index (χ0n) is 11.6. The number of nitrogen functional groups attached to an aromatic ring is 1. The third kappa shape index (κ3) is 3.53. The smallest absolute Gasteiger partial charge is 0.243 e. The van der Waals surface area contributed by atoms with Gasteiger partial charge in [0, 0.05) is 11.9 Å². The first-order valence-corrected chi connectivity index (χ1v) is 7.62. The molecule has 0 aliphatic heterocycles. The van der Waals surface area contributed by atoms with Crippen molar-refractivity contribution in [2.45, 2.75) is 25.3 Å². The van der Waals surface area contributed by atoms with Crippen LogP contribution in [0.15, 0.2) is 29.3 Å².